The topological polar surface area (TPSA) is 43.7 Å². The predicted octanol–water partition coefficient (Wildman–Crippen LogP) is 0.516. The summed E-state index contributed by atoms with van der Waals surface area (Å²) in [6.45, 7) is 2.44. The lowest BCUT2D eigenvalue weighted by atomic mass is 10.1. The first-order valence-electron chi connectivity index (χ1n) is 5.35. The van der Waals surface area contributed by atoms with Gasteiger partial charge in [0.25, 0.3) is 0 Å². The molecule has 0 heterocycles. The lowest BCUT2D eigenvalue weighted by Crippen LogP contribution is -2.31. The number of nitrogens with zero attached hydrogens (tertiary/aromatic N) is 1. The first-order valence-corrected chi connectivity index (χ1v) is 5.35. The van der Waals surface area contributed by atoms with Crippen molar-refractivity contribution >= 4 is 0 Å². The van der Waals surface area contributed by atoms with Gasteiger partial charge in [0.2, 0.25) is 0 Å². The van der Waals surface area contributed by atoms with Gasteiger partial charge in [0.05, 0.1) is 13.2 Å². The van der Waals surface area contributed by atoms with Gasteiger partial charge in [0, 0.05) is 19.6 Å². The number of benzene rings is 1. The highest BCUT2D eigenvalue weighted by molar-refractivity contribution is 5.14. The normalized spacial score (nSPS) is 10.9. The van der Waals surface area contributed by atoms with Gasteiger partial charge in [-0.1, -0.05) is 30.3 Å². The van der Waals surface area contributed by atoms with Gasteiger partial charge in [-0.05, 0) is 12.0 Å². The van der Waals surface area contributed by atoms with E-state index in [1.165, 1.54) is 5.56 Å². The summed E-state index contributed by atoms with van der Waals surface area (Å²) in [5.74, 6) is 0. The SMILES string of the molecule is OCCN(CCO)CCc1ccccc1. The number of aliphatic hydroxyl groups excluding tert-OH is 2. The Morgan fingerprint density at radius 2 is 1.47 bits per heavy atom. The van der Waals surface area contributed by atoms with Crippen molar-refractivity contribution in [3.8, 4) is 0 Å². The highest BCUT2D eigenvalue weighted by Gasteiger charge is 2.03. The van der Waals surface area contributed by atoms with Crippen LogP contribution in [0.1, 0.15) is 5.56 Å². The van der Waals surface area contributed by atoms with E-state index in [1.54, 1.807) is 0 Å². The van der Waals surface area contributed by atoms with Crippen molar-refractivity contribution in [3.63, 3.8) is 0 Å². The maximum atomic E-state index is 8.84. The lowest BCUT2D eigenvalue weighted by molar-refractivity contribution is 0.162. The molecule has 0 spiro atoms. The fourth-order valence-corrected chi connectivity index (χ4v) is 1.55. The van der Waals surface area contributed by atoms with Gasteiger partial charge in [-0.3, -0.25) is 4.90 Å². The average Bonchev–Trinajstić information content (AvgIpc) is 2.28. The first kappa shape index (κ1) is 12.2. The molecule has 2 N–H and O–H groups in total. The van der Waals surface area contributed by atoms with Gasteiger partial charge in [0.15, 0.2) is 0 Å². The van der Waals surface area contributed by atoms with Crippen LogP contribution in [0.5, 0.6) is 0 Å². The number of aliphatic hydroxyl groups is 2. The van der Waals surface area contributed by atoms with Crippen LogP contribution in [0.25, 0.3) is 0 Å². The molecule has 0 aliphatic carbocycles. The van der Waals surface area contributed by atoms with Crippen LogP contribution in [0.2, 0.25) is 0 Å². The van der Waals surface area contributed by atoms with Gasteiger partial charge in [-0.25, -0.2) is 0 Å². The maximum absolute atomic E-state index is 8.84. The summed E-state index contributed by atoms with van der Waals surface area (Å²) in [6.07, 6.45) is 0.959. The molecule has 0 aliphatic heterocycles. The summed E-state index contributed by atoms with van der Waals surface area (Å²) < 4.78 is 0. The molecule has 1 rings (SSSR count). The Balaban J connectivity index is 2.33. The monoisotopic (exact) mass is 209 g/mol. The van der Waals surface area contributed by atoms with E-state index in [9.17, 15) is 0 Å². The van der Waals surface area contributed by atoms with Crippen LogP contribution >= 0.6 is 0 Å². The Morgan fingerprint density at radius 3 is 2.00 bits per heavy atom. The second-order valence-electron chi connectivity index (χ2n) is 3.52. The van der Waals surface area contributed by atoms with Crippen LogP contribution in [0.4, 0.5) is 0 Å². The summed E-state index contributed by atoms with van der Waals surface area (Å²) in [5.41, 5.74) is 1.29. The Hall–Kier alpha value is -0.900. The van der Waals surface area contributed by atoms with E-state index < -0.39 is 0 Å². The van der Waals surface area contributed by atoms with Crippen LogP contribution in [0, 0.1) is 0 Å². The van der Waals surface area contributed by atoms with Crippen molar-refractivity contribution < 1.29 is 10.2 Å². The van der Waals surface area contributed by atoms with Gasteiger partial charge in [-0.15, -0.1) is 0 Å². The Labute approximate surface area is 91.0 Å². The zero-order valence-corrected chi connectivity index (χ0v) is 8.97. The van der Waals surface area contributed by atoms with Crippen LogP contribution in [-0.4, -0.2) is 48.0 Å². The van der Waals surface area contributed by atoms with E-state index in [1.807, 2.05) is 18.2 Å². The van der Waals surface area contributed by atoms with E-state index in [2.05, 4.69) is 17.0 Å². The third kappa shape index (κ3) is 4.93. The molecule has 1 aromatic carbocycles. The molecule has 0 radical (unpaired) electrons. The van der Waals surface area contributed by atoms with Crippen LogP contribution in [0.3, 0.4) is 0 Å². The van der Waals surface area contributed by atoms with E-state index in [-0.39, 0.29) is 13.2 Å². The van der Waals surface area contributed by atoms with Crippen molar-refractivity contribution in [1.29, 1.82) is 0 Å². The van der Waals surface area contributed by atoms with Crippen molar-refractivity contribution in [3.05, 3.63) is 35.9 Å². The molecule has 0 fully saturated rings. The zero-order chi connectivity index (χ0) is 10.9. The molecule has 1 aromatic rings. The largest absolute Gasteiger partial charge is 0.395 e. The molecular weight excluding hydrogens is 190 g/mol. The molecule has 0 atom stereocenters. The van der Waals surface area contributed by atoms with E-state index in [0.29, 0.717) is 13.1 Å². The van der Waals surface area contributed by atoms with Gasteiger partial charge in [-0.2, -0.15) is 0 Å². The number of hydrogen-bond acceptors (Lipinski definition) is 3. The molecule has 0 aliphatic rings. The number of rotatable bonds is 7. The van der Waals surface area contributed by atoms with E-state index >= 15 is 0 Å². The molecule has 0 unspecified atom stereocenters. The van der Waals surface area contributed by atoms with E-state index in [4.69, 9.17) is 10.2 Å². The molecule has 0 aromatic heterocycles. The molecule has 0 saturated carbocycles. The Bertz CT molecular complexity index is 245. The summed E-state index contributed by atoms with van der Waals surface area (Å²) in [6, 6.07) is 10.2. The summed E-state index contributed by atoms with van der Waals surface area (Å²) in [5, 5.41) is 17.7. The quantitative estimate of drug-likeness (QED) is 0.688. The molecule has 3 nitrogen and oxygen atoms in total. The lowest BCUT2D eigenvalue weighted by Gasteiger charge is -2.19. The third-order valence-electron chi connectivity index (χ3n) is 2.39. The molecule has 0 bridgehead atoms. The molecule has 15 heavy (non-hydrogen) atoms. The van der Waals surface area contributed by atoms with Crippen LogP contribution in [-0.2, 0) is 6.42 Å². The Morgan fingerprint density at radius 1 is 0.867 bits per heavy atom. The Kier molecular flexibility index (Phi) is 6.00. The van der Waals surface area contributed by atoms with Crippen molar-refractivity contribution in [1.82, 2.24) is 4.90 Å². The molecule has 3 heteroatoms. The second-order valence-corrected chi connectivity index (χ2v) is 3.52. The molecule has 0 amide bonds. The maximum Gasteiger partial charge on any atom is 0.0558 e. The fourth-order valence-electron chi connectivity index (χ4n) is 1.55. The minimum Gasteiger partial charge on any atom is -0.395 e. The smallest absolute Gasteiger partial charge is 0.0558 e. The number of hydrogen-bond donors (Lipinski definition) is 2. The van der Waals surface area contributed by atoms with Crippen molar-refractivity contribution in [2.24, 2.45) is 0 Å². The first-order chi connectivity index (χ1) is 7.36. The van der Waals surface area contributed by atoms with Crippen LogP contribution < -0.4 is 0 Å². The van der Waals surface area contributed by atoms with Crippen molar-refractivity contribution in [2.75, 3.05) is 32.8 Å². The van der Waals surface area contributed by atoms with Gasteiger partial charge >= 0.3 is 0 Å². The highest BCUT2D eigenvalue weighted by atomic mass is 16.3. The highest BCUT2D eigenvalue weighted by Crippen LogP contribution is 2.01. The molecule has 84 valence electrons. The van der Waals surface area contributed by atoms with Gasteiger partial charge < -0.3 is 10.2 Å². The predicted molar refractivity (Wildman–Crippen MR) is 60.8 cm³/mol. The minimum absolute atomic E-state index is 0.148. The summed E-state index contributed by atoms with van der Waals surface area (Å²) in [4.78, 5) is 2.06. The zero-order valence-electron chi connectivity index (χ0n) is 8.97. The van der Waals surface area contributed by atoms with E-state index in [0.717, 1.165) is 13.0 Å². The van der Waals surface area contributed by atoms with Crippen molar-refractivity contribution in [2.45, 2.75) is 6.42 Å². The standard InChI is InChI=1S/C12H19NO2/c14-10-8-13(9-11-15)7-6-12-4-2-1-3-5-12/h1-5,14-15H,6-11H2. The minimum atomic E-state index is 0.148. The second kappa shape index (κ2) is 7.40. The molecule has 0 saturated heterocycles. The summed E-state index contributed by atoms with van der Waals surface area (Å²) in [7, 11) is 0. The fraction of sp³-hybridized carbons (Fsp3) is 0.500. The average molecular weight is 209 g/mol. The van der Waals surface area contributed by atoms with Crippen LogP contribution in [0.15, 0.2) is 30.3 Å². The molecular formula is C12H19NO2. The van der Waals surface area contributed by atoms with Gasteiger partial charge in [0.1, 0.15) is 0 Å². The third-order valence-corrected chi connectivity index (χ3v) is 2.39. The summed E-state index contributed by atoms with van der Waals surface area (Å²) >= 11 is 0.